The van der Waals surface area contributed by atoms with Gasteiger partial charge in [-0.2, -0.15) is 4.98 Å². The lowest BCUT2D eigenvalue weighted by Gasteiger charge is -2.01. The monoisotopic (exact) mass is 233 g/mol. The predicted molar refractivity (Wildman–Crippen MR) is 69.4 cm³/mol. The number of rotatable bonds is 6. The molecule has 0 bridgehead atoms. The zero-order valence-electron chi connectivity index (χ0n) is 10.4. The Hall–Kier alpha value is -1.62. The summed E-state index contributed by atoms with van der Waals surface area (Å²) in [6.07, 6.45) is 3.05. The summed E-state index contributed by atoms with van der Waals surface area (Å²) in [5.41, 5.74) is 2.06. The van der Waals surface area contributed by atoms with E-state index in [0.717, 1.165) is 31.7 Å². The van der Waals surface area contributed by atoms with Crippen LogP contribution >= 0.6 is 0 Å². The van der Waals surface area contributed by atoms with Gasteiger partial charge in [-0.15, -0.1) is 5.10 Å². The molecule has 0 saturated carbocycles. The molecule has 0 unspecified atom stereocenters. The maximum atomic E-state index is 4.39. The van der Waals surface area contributed by atoms with Gasteiger partial charge in [0.25, 0.3) is 0 Å². The molecule has 0 aromatic carbocycles. The minimum atomic E-state index is 0.701. The smallest absolute Gasteiger partial charge is 0.243 e. The van der Waals surface area contributed by atoms with Crippen LogP contribution in [0.2, 0.25) is 0 Å². The highest BCUT2D eigenvalue weighted by Crippen LogP contribution is 2.06. The van der Waals surface area contributed by atoms with E-state index in [1.807, 2.05) is 29.8 Å². The van der Waals surface area contributed by atoms with Crippen molar-refractivity contribution >= 4 is 11.6 Å². The molecule has 0 aliphatic heterocycles. The summed E-state index contributed by atoms with van der Waals surface area (Å²) in [6, 6.07) is 4.02. The number of pyridine rings is 1. The third-order valence-electron chi connectivity index (χ3n) is 2.54. The Balaban J connectivity index is 1.91. The van der Waals surface area contributed by atoms with Crippen LogP contribution in [0.15, 0.2) is 18.3 Å². The van der Waals surface area contributed by atoms with Gasteiger partial charge in [0.2, 0.25) is 5.95 Å². The maximum Gasteiger partial charge on any atom is 0.243 e. The lowest BCUT2D eigenvalue weighted by atomic mass is 10.3. The van der Waals surface area contributed by atoms with Gasteiger partial charge in [0.1, 0.15) is 0 Å². The Kier molecular flexibility index (Phi) is 3.93. The van der Waals surface area contributed by atoms with Crippen LogP contribution in [-0.4, -0.2) is 34.2 Å². The molecule has 2 rings (SSSR count). The zero-order valence-corrected chi connectivity index (χ0v) is 10.4. The average molecular weight is 233 g/mol. The van der Waals surface area contributed by atoms with Gasteiger partial charge < -0.3 is 10.6 Å². The first kappa shape index (κ1) is 11.9. The third-order valence-corrected chi connectivity index (χ3v) is 2.54. The summed E-state index contributed by atoms with van der Waals surface area (Å²) < 4.78 is 1.81. The summed E-state index contributed by atoms with van der Waals surface area (Å²) >= 11 is 0. The number of nitrogens with zero attached hydrogens (tertiary/aromatic N) is 3. The Labute approximate surface area is 101 Å². The molecule has 0 amide bonds. The third kappa shape index (κ3) is 3.17. The van der Waals surface area contributed by atoms with Crippen LogP contribution in [0.3, 0.4) is 0 Å². The van der Waals surface area contributed by atoms with Crippen LogP contribution in [0.25, 0.3) is 5.65 Å². The molecule has 2 aromatic rings. The quantitative estimate of drug-likeness (QED) is 0.741. The van der Waals surface area contributed by atoms with E-state index in [-0.39, 0.29) is 0 Å². The van der Waals surface area contributed by atoms with Crippen LogP contribution in [0.4, 0.5) is 5.95 Å². The van der Waals surface area contributed by atoms with Crippen molar-refractivity contribution < 1.29 is 0 Å². The second kappa shape index (κ2) is 5.63. The molecule has 0 aliphatic rings. The molecular weight excluding hydrogens is 214 g/mol. The second-order valence-corrected chi connectivity index (χ2v) is 4.08. The fourth-order valence-corrected chi connectivity index (χ4v) is 1.65. The largest absolute Gasteiger partial charge is 0.353 e. The Morgan fingerprint density at radius 3 is 3.00 bits per heavy atom. The summed E-state index contributed by atoms with van der Waals surface area (Å²) in [6.45, 7) is 7.09. The molecule has 2 N–H and O–H groups in total. The van der Waals surface area contributed by atoms with Crippen molar-refractivity contribution in [1.29, 1.82) is 0 Å². The highest BCUT2D eigenvalue weighted by atomic mass is 15.3. The molecule has 0 saturated heterocycles. The van der Waals surface area contributed by atoms with E-state index >= 15 is 0 Å². The Morgan fingerprint density at radius 2 is 2.18 bits per heavy atom. The van der Waals surface area contributed by atoms with E-state index in [2.05, 4.69) is 27.6 Å². The van der Waals surface area contributed by atoms with Crippen molar-refractivity contribution in [2.75, 3.05) is 25.0 Å². The second-order valence-electron chi connectivity index (χ2n) is 4.08. The number of aryl methyl sites for hydroxylation is 1. The molecule has 2 aromatic heterocycles. The van der Waals surface area contributed by atoms with Crippen molar-refractivity contribution in [3.8, 4) is 0 Å². The standard InChI is InChI=1S/C12H19N5/c1-3-13-7-4-8-14-12-15-11-6-5-10(2)9-17(11)16-12/h5-6,9,13H,3-4,7-8H2,1-2H3,(H,14,16). The maximum absolute atomic E-state index is 4.39. The molecule has 0 aliphatic carbocycles. The van der Waals surface area contributed by atoms with E-state index in [1.165, 1.54) is 5.56 Å². The van der Waals surface area contributed by atoms with Gasteiger partial charge in [0, 0.05) is 12.7 Å². The fraction of sp³-hybridized carbons (Fsp3) is 0.500. The average Bonchev–Trinajstić information content (AvgIpc) is 2.70. The SMILES string of the molecule is CCNCCCNc1nc2ccc(C)cn2n1. The summed E-state index contributed by atoms with van der Waals surface area (Å²) in [4.78, 5) is 4.39. The van der Waals surface area contributed by atoms with Gasteiger partial charge in [0.15, 0.2) is 5.65 Å². The number of fused-ring (bicyclic) bond motifs is 1. The van der Waals surface area contributed by atoms with Gasteiger partial charge >= 0.3 is 0 Å². The van der Waals surface area contributed by atoms with Crippen molar-refractivity contribution in [3.63, 3.8) is 0 Å². The number of hydrogen-bond donors (Lipinski definition) is 2. The van der Waals surface area contributed by atoms with Crippen molar-refractivity contribution in [2.45, 2.75) is 20.3 Å². The molecule has 2 heterocycles. The first-order valence-corrected chi connectivity index (χ1v) is 6.07. The van der Waals surface area contributed by atoms with Crippen molar-refractivity contribution in [3.05, 3.63) is 23.9 Å². The summed E-state index contributed by atoms with van der Waals surface area (Å²) in [7, 11) is 0. The van der Waals surface area contributed by atoms with Crippen molar-refractivity contribution in [2.24, 2.45) is 0 Å². The molecule has 0 radical (unpaired) electrons. The summed E-state index contributed by atoms with van der Waals surface area (Å²) in [5.74, 6) is 0.701. The normalized spacial score (nSPS) is 10.9. The number of nitrogens with one attached hydrogen (secondary N) is 2. The van der Waals surface area contributed by atoms with E-state index in [0.29, 0.717) is 5.95 Å². The first-order chi connectivity index (χ1) is 8.29. The van der Waals surface area contributed by atoms with Crippen LogP contribution < -0.4 is 10.6 Å². The molecule has 17 heavy (non-hydrogen) atoms. The highest BCUT2D eigenvalue weighted by Gasteiger charge is 2.01. The predicted octanol–water partition coefficient (Wildman–Crippen LogP) is 1.45. The van der Waals surface area contributed by atoms with E-state index in [1.54, 1.807) is 0 Å². The van der Waals surface area contributed by atoms with Crippen molar-refractivity contribution in [1.82, 2.24) is 19.9 Å². The minimum Gasteiger partial charge on any atom is -0.353 e. The fourth-order valence-electron chi connectivity index (χ4n) is 1.65. The number of anilines is 1. The van der Waals surface area contributed by atoms with Gasteiger partial charge in [0.05, 0.1) is 0 Å². The lowest BCUT2D eigenvalue weighted by molar-refractivity contribution is 0.687. The van der Waals surface area contributed by atoms with Crippen LogP contribution in [0.1, 0.15) is 18.9 Å². The van der Waals surface area contributed by atoms with Gasteiger partial charge in [-0.1, -0.05) is 13.0 Å². The molecule has 0 spiro atoms. The van der Waals surface area contributed by atoms with Crippen LogP contribution in [0.5, 0.6) is 0 Å². The van der Waals surface area contributed by atoms with Gasteiger partial charge in [-0.25, -0.2) is 4.52 Å². The number of aromatic nitrogens is 3. The molecule has 92 valence electrons. The molecule has 0 atom stereocenters. The molecule has 5 heteroatoms. The lowest BCUT2D eigenvalue weighted by Crippen LogP contribution is -2.17. The molecular formula is C12H19N5. The highest BCUT2D eigenvalue weighted by molar-refractivity contribution is 5.43. The number of hydrogen-bond acceptors (Lipinski definition) is 4. The van der Waals surface area contributed by atoms with E-state index in [4.69, 9.17) is 0 Å². The summed E-state index contributed by atoms with van der Waals surface area (Å²) in [5, 5.41) is 10.9. The van der Waals surface area contributed by atoms with Crippen LogP contribution in [-0.2, 0) is 0 Å². The molecule has 0 fully saturated rings. The Morgan fingerprint density at radius 1 is 1.29 bits per heavy atom. The van der Waals surface area contributed by atoms with Gasteiger partial charge in [-0.05, 0) is 38.1 Å². The van der Waals surface area contributed by atoms with Gasteiger partial charge in [-0.3, -0.25) is 0 Å². The van der Waals surface area contributed by atoms with E-state index in [9.17, 15) is 0 Å². The van der Waals surface area contributed by atoms with E-state index < -0.39 is 0 Å². The zero-order chi connectivity index (χ0) is 12.1. The topological polar surface area (TPSA) is 54.2 Å². The first-order valence-electron chi connectivity index (χ1n) is 6.07. The minimum absolute atomic E-state index is 0.701. The Bertz CT molecular complexity index is 477. The molecule has 5 nitrogen and oxygen atoms in total. The van der Waals surface area contributed by atoms with Crippen LogP contribution in [0, 0.1) is 6.92 Å².